The summed E-state index contributed by atoms with van der Waals surface area (Å²) in [6.45, 7) is 3.88. The van der Waals surface area contributed by atoms with Gasteiger partial charge in [0.1, 0.15) is 5.82 Å². The topological polar surface area (TPSA) is 46.6 Å². The van der Waals surface area contributed by atoms with Gasteiger partial charge in [-0.05, 0) is 31.5 Å². The SMILES string of the molecule is Cc1ccc(F)cc1S(=O)(=O)N1CC(CCl)OCC1C. The summed E-state index contributed by atoms with van der Waals surface area (Å²) in [5.74, 6) is -0.343. The van der Waals surface area contributed by atoms with Crippen LogP contribution in [0.2, 0.25) is 0 Å². The minimum atomic E-state index is -3.75. The molecule has 0 bridgehead atoms. The molecule has 20 heavy (non-hydrogen) atoms. The van der Waals surface area contributed by atoms with Crippen molar-refractivity contribution >= 4 is 21.6 Å². The summed E-state index contributed by atoms with van der Waals surface area (Å²) in [7, 11) is -3.75. The monoisotopic (exact) mass is 321 g/mol. The Balaban J connectivity index is 2.40. The molecule has 1 fully saturated rings. The fourth-order valence-corrected chi connectivity index (χ4v) is 4.27. The largest absolute Gasteiger partial charge is 0.374 e. The van der Waals surface area contributed by atoms with E-state index in [4.69, 9.17) is 16.3 Å². The number of benzene rings is 1. The Morgan fingerprint density at radius 3 is 2.85 bits per heavy atom. The van der Waals surface area contributed by atoms with Gasteiger partial charge in [0.15, 0.2) is 0 Å². The van der Waals surface area contributed by atoms with Gasteiger partial charge < -0.3 is 4.74 Å². The highest BCUT2D eigenvalue weighted by molar-refractivity contribution is 7.89. The van der Waals surface area contributed by atoms with Crippen molar-refractivity contribution < 1.29 is 17.5 Å². The normalized spacial score (nSPS) is 24.8. The van der Waals surface area contributed by atoms with Gasteiger partial charge in [-0.3, -0.25) is 0 Å². The van der Waals surface area contributed by atoms with E-state index in [0.29, 0.717) is 5.56 Å². The minimum absolute atomic E-state index is 0.000396. The Morgan fingerprint density at radius 2 is 2.20 bits per heavy atom. The van der Waals surface area contributed by atoms with E-state index in [1.165, 1.54) is 16.4 Å². The van der Waals surface area contributed by atoms with Crippen molar-refractivity contribution in [3.8, 4) is 0 Å². The number of hydrogen-bond acceptors (Lipinski definition) is 3. The number of ether oxygens (including phenoxy) is 1. The van der Waals surface area contributed by atoms with Gasteiger partial charge >= 0.3 is 0 Å². The Hall–Kier alpha value is -0.690. The lowest BCUT2D eigenvalue weighted by atomic mass is 10.2. The number of alkyl halides is 1. The van der Waals surface area contributed by atoms with Crippen LogP contribution in [0.3, 0.4) is 0 Å². The molecule has 1 aromatic carbocycles. The molecule has 0 saturated carbocycles. The first-order valence-corrected chi connectivity index (χ1v) is 8.29. The molecule has 112 valence electrons. The Bertz CT molecular complexity index is 593. The molecular formula is C13H17ClFNO3S. The molecule has 0 spiro atoms. The molecule has 2 rings (SSSR count). The number of sulfonamides is 1. The lowest BCUT2D eigenvalue weighted by Crippen LogP contribution is -2.51. The van der Waals surface area contributed by atoms with Gasteiger partial charge in [0.25, 0.3) is 0 Å². The van der Waals surface area contributed by atoms with E-state index in [1.807, 2.05) is 0 Å². The second-order valence-electron chi connectivity index (χ2n) is 4.94. The van der Waals surface area contributed by atoms with Gasteiger partial charge in [-0.1, -0.05) is 6.07 Å². The lowest BCUT2D eigenvalue weighted by Gasteiger charge is -2.36. The average molecular weight is 322 g/mol. The van der Waals surface area contributed by atoms with Crippen LogP contribution < -0.4 is 0 Å². The van der Waals surface area contributed by atoms with Crippen LogP contribution >= 0.6 is 11.6 Å². The molecule has 0 aromatic heterocycles. The van der Waals surface area contributed by atoms with Crippen molar-refractivity contribution in [2.24, 2.45) is 0 Å². The first-order valence-electron chi connectivity index (χ1n) is 6.32. The molecular weight excluding hydrogens is 305 g/mol. The van der Waals surface area contributed by atoms with E-state index in [1.54, 1.807) is 13.8 Å². The van der Waals surface area contributed by atoms with E-state index in [-0.39, 0.29) is 36.1 Å². The highest BCUT2D eigenvalue weighted by Gasteiger charge is 2.36. The second-order valence-corrected chi connectivity index (χ2v) is 7.11. The number of hydrogen-bond donors (Lipinski definition) is 0. The van der Waals surface area contributed by atoms with Crippen LogP contribution in [0, 0.1) is 12.7 Å². The molecule has 1 heterocycles. The average Bonchev–Trinajstić information content (AvgIpc) is 2.41. The van der Waals surface area contributed by atoms with Crippen molar-refractivity contribution in [1.82, 2.24) is 4.31 Å². The Labute approximate surface area is 123 Å². The maximum atomic E-state index is 13.4. The van der Waals surface area contributed by atoms with E-state index in [2.05, 4.69) is 0 Å². The summed E-state index contributed by atoms with van der Waals surface area (Å²) >= 11 is 5.74. The molecule has 1 aliphatic rings. The van der Waals surface area contributed by atoms with E-state index in [0.717, 1.165) is 6.07 Å². The van der Waals surface area contributed by atoms with Crippen LogP contribution in [0.25, 0.3) is 0 Å². The van der Waals surface area contributed by atoms with E-state index >= 15 is 0 Å². The van der Waals surface area contributed by atoms with Gasteiger partial charge in [0.05, 0.1) is 17.6 Å². The summed E-state index contributed by atoms with van der Waals surface area (Å²) in [5.41, 5.74) is 0.521. The van der Waals surface area contributed by atoms with Crippen LogP contribution in [0.1, 0.15) is 12.5 Å². The molecule has 4 nitrogen and oxygen atoms in total. The smallest absolute Gasteiger partial charge is 0.243 e. The second kappa shape index (κ2) is 5.97. The van der Waals surface area contributed by atoms with Gasteiger partial charge in [-0.25, -0.2) is 12.8 Å². The molecule has 1 saturated heterocycles. The van der Waals surface area contributed by atoms with Gasteiger partial charge in [-0.15, -0.1) is 11.6 Å². The third kappa shape index (κ3) is 2.98. The van der Waals surface area contributed by atoms with Gasteiger partial charge in [0.2, 0.25) is 10.0 Å². The van der Waals surface area contributed by atoms with Crippen LogP contribution in [0.5, 0.6) is 0 Å². The molecule has 0 N–H and O–H groups in total. The number of rotatable bonds is 3. The summed E-state index contributed by atoms with van der Waals surface area (Å²) in [5, 5.41) is 0. The zero-order valence-electron chi connectivity index (χ0n) is 11.3. The number of morpholine rings is 1. The van der Waals surface area contributed by atoms with Crippen LogP contribution in [-0.2, 0) is 14.8 Å². The highest BCUT2D eigenvalue weighted by Crippen LogP contribution is 2.25. The first kappa shape index (κ1) is 15.7. The van der Waals surface area contributed by atoms with Gasteiger partial charge in [0, 0.05) is 18.5 Å². The quantitative estimate of drug-likeness (QED) is 0.801. The summed E-state index contributed by atoms with van der Waals surface area (Å²) in [6, 6.07) is 3.47. The minimum Gasteiger partial charge on any atom is -0.374 e. The third-order valence-corrected chi connectivity index (χ3v) is 5.82. The lowest BCUT2D eigenvalue weighted by molar-refractivity contribution is -0.0152. The molecule has 1 aromatic rings. The molecule has 2 unspecified atom stereocenters. The van der Waals surface area contributed by atoms with Crippen molar-refractivity contribution in [2.45, 2.75) is 30.9 Å². The number of nitrogens with zero attached hydrogens (tertiary/aromatic N) is 1. The van der Waals surface area contributed by atoms with Crippen LogP contribution in [0.4, 0.5) is 4.39 Å². The fraction of sp³-hybridized carbons (Fsp3) is 0.538. The van der Waals surface area contributed by atoms with Crippen molar-refractivity contribution in [3.05, 3.63) is 29.6 Å². The van der Waals surface area contributed by atoms with Crippen molar-refractivity contribution in [2.75, 3.05) is 19.0 Å². The van der Waals surface area contributed by atoms with Gasteiger partial charge in [-0.2, -0.15) is 4.31 Å². The predicted molar refractivity (Wildman–Crippen MR) is 75.0 cm³/mol. The maximum absolute atomic E-state index is 13.4. The molecule has 7 heteroatoms. The molecule has 2 atom stereocenters. The zero-order valence-corrected chi connectivity index (χ0v) is 12.9. The Morgan fingerprint density at radius 1 is 1.50 bits per heavy atom. The summed E-state index contributed by atoms with van der Waals surface area (Å²) in [6.07, 6.45) is -0.337. The zero-order chi connectivity index (χ0) is 14.9. The summed E-state index contributed by atoms with van der Waals surface area (Å²) in [4.78, 5) is -0.000396. The van der Waals surface area contributed by atoms with E-state index < -0.39 is 15.8 Å². The predicted octanol–water partition coefficient (Wildman–Crippen LogP) is 2.15. The molecule has 0 aliphatic carbocycles. The van der Waals surface area contributed by atoms with Crippen LogP contribution in [-0.4, -0.2) is 43.9 Å². The maximum Gasteiger partial charge on any atom is 0.243 e. The highest BCUT2D eigenvalue weighted by atomic mass is 35.5. The standard InChI is InChI=1S/C13H17ClFNO3S/c1-9-3-4-11(15)5-13(9)20(17,18)16-7-12(6-14)19-8-10(16)2/h3-5,10,12H,6-8H2,1-2H3. The molecule has 0 amide bonds. The molecule has 1 aliphatic heterocycles. The number of aryl methyl sites for hydroxylation is 1. The first-order chi connectivity index (χ1) is 9.36. The van der Waals surface area contributed by atoms with Crippen LogP contribution in [0.15, 0.2) is 23.1 Å². The Kier molecular flexibility index (Phi) is 4.69. The van der Waals surface area contributed by atoms with Crippen molar-refractivity contribution in [1.29, 1.82) is 0 Å². The third-order valence-electron chi connectivity index (χ3n) is 3.36. The fourth-order valence-electron chi connectivity index (χ4n) is 2.20. The number of halogens is 2. The van der Waals surface area contributed by atoms with E-state index in [9.17, 15) is 12.8 Å². The van der Waals surface area contributed by atoms with Crippen molar-refractivity contribution in [3.63, 3.8) is 0 Å². The summed E-state index contributed by atoms with van der Waals surface area (Å²) < 4.78 is 45.5. The molecule has 0 radical (unpaired) electrons.